The van der Waals surface area contributed by atoms with Gasteiger partial charge in [0.25, 0.3) is 0 Å². The van der Waals surface area contributed by atoms with E-state index in [-0.39, 0.29) is 16.9 Å². The van der Waals surface area contributed by atoms with E-state index in [1.54, 1.807) is 0 Å². The zero-order chi connectivity index (χ0) is 12.9. The molecule has 17 heavy (non-hydrogen) atoms. The van der Waals surface area contributed by atoms with Crippen LogP contribution in [0.15, 0.2) is 0 Å². The van der Waals surface area contributed by atoms with Gasteiger partial charge in [-0.05, 0) is 39.0 Å². The Morgan fingerprint density at radius 1 is 1.41 bits per heavy atom. The number of hydrogen-bond acceptors (Lipinski definition) is 3. The van der Waals surface area contributed by atoms with Crippen LogP contribution in [-0.4, -0.2) is 24.5 Å². The van der Waals surface area contributed by atoms with E-state index < -0.39 is 0 Å². The number of carbonyl (C=O) groups excluding carboxylic acids is 1. The lowest BCUT2D eigenvalue weighted by molar-refractivity contribution is -0.122. The van der Waals surface area contributed by atoms with Gasteiger partial charge in [0, 0.05) is 31.5 Å². The zero-order valence-corrected chi connectivity index (χ0v) is 11.1. The molecule has 0 heterocycles. The summed E-state index contributed by atoms with van der Waals surface area (Å²) in [5.41, 5.74) is 0.0604. The van der Waals surface area contributed by atoms with Crippen molar-refractivity contribution in [1.82, 2.24) is 10.6 Å². The summed E-state index contributed by atoms with van der Waals surface area (Å²) in [4.78, 5) is 11.5. The third-order valence-electron chi connectivity index (χ3n) is 2.95. The molecule has 1 aliphatic rings. The molecule has 96 valence electrons. The average Bonchev–Trinajstić information content (AvgIpc) is 2.91. The van der Waals surface area contributed by atoms with Gasteiger partial charge in [-0.1, -0.05) is 0 Å². The first kappa shape index (κ1) is 14.0. The Balaban J connectivity index is 2.09. The predicted molar refractivity (Wildman–Crippen MR) is 67.3 cm³/mol. The summed E-state index contributed by atoms with van der Waals surface area (Å²) in [6, 6.07) is 2.23. The van der Waals surface area contributed by atoms with E-state index in [2.05, 4.69) is 16.7 Å². The topological polar surface area (TPSA) is 64.9 Å². The number of rotatable bonds is 6. The fourth-order valence-electron chi connectivity index (χ4n) is 1.80. The van der Waals surface area contributed by atoms with Gasteiger partial charge < -0.3 is 10.6 Å². The first-order chi connectivity index (χ1) is 7.87. The lowest BCUT2D eigenvalue weighted by Crippen LogP contribution is -2.41. The molecule has 0 atom stereocenters. The van der Waals surface area contributed by atoms with E-state index in [0.717, 1.165) is 19.4 Å². The fraction of sp³-hybridized carbons (Fsp3) is 0.846. The van der Waals surface area contributed by atoms with Gasteiger partial charge in [-0.15, -0.1) is 0 Å². The quantitative estimate of drug-likeness (QED) is 0.689. The van der Waals surface area contributed by atoms with Gasteiger partial charge in [0.2, 0.25) is 5.91 Å². The van der Waals surface area contributed by atoms with Crippen LogP contribution in [0.4, 0.5) is 0 Å². The van der Waals surface area contributed by atoms with Crippen LogP contribution in [-0.2, 0) is 4.79 Å². The lowest BCUT2D eigenvalue weighted by atomic mass is 10.0. The van der Waals surface area contributed by atoms with Crippen molar-refractivity contribution in [2.24, 2.45) is 5.41 Å². The molecule has 2 N–H and O–H groups in total. The summed E-state index contributed by atoms with van der Waals surface area (Å²) in [5.74, 6) is 0.0788. The maximum atomic E-state index is 11.5. The van der Waals surface area contributed by atoms with Crippen molar-refractivity contribution in [2.45, 2.75) is 52.0 Å². The highest BCUT2D eigenvalue weighted by Gasteiger charge is 2.41. The molecule has 0 bridgehead atoms. The SMILES string of the molecule is CC(C)(C)NC(=O)CCNCC1(CC#N)CC1. The van der Waals surface area contributed by atoms with Gasteiger partial charge in [0.05, 0.1) is 6.07 Å². The molecule has 1 saturated carbocycles. The van der Waals surface area contributed by atoms with E-state index in [1.807, 2.05) is 20.8 Å². The number of nitriles is 1. The molecule has 0 aromatic carbocycles. The standard InChI is InChI=1S/C13H23N3O/c1-12(2,3)16-11(17)4-9-15-10-13(5-6-13)7-8-14/h15H,4-7,9-10H2,1-3H3,(H,16,17). The van der Waals surface area contributed by atoms with Gasteiger partial charge in [-0.3, -0.25) is 4.79 Å². The molecule has 0 aliphatic heterocycles. The Morgan fingerprint density at radius 2 is 2.06 bits per heavy atom. The van der Waals surface area contributed by atoms with Crippen LogP contribution < -0.4 is 10.6 Å². The molecular weight excluding hydrogens is 214 g/mol. The maximum Gasteiger partial charge on any atom is 0.221 e. The molecule has 4 heteroatoms. The molecule has 0 radical (unpaired) electrons. The summed E-state index contributed by atoms with van der Waals surface area (Å²) < 4.78 is 0. The molecule has 1 amide bonds. The Labute approximate surface area is 104 Å². The number of hydrogen-bond donors (Lipinski definition) is 2. The second-order valence-electron chi connectivity index (χ2n) is 6.06. The molecule has 1 rings (SSSR count). The summed E-state index contributed by atoms with van der Waals surface area (Å²) in [6.07, 6.45) is 3.41. The molecule has 0 aromatic heterocycles. The van der Waals surface area contributed by atoms with E-state index in [4.69, 9.17) is 5.26 Å². The second-order valence-corrected chi connectivity index (χ2v) is 6.06. The van der Waals surface area contributed by atoms with Crippen molar-refractivity contribution in [3.05, 3.63) is 0 Å². The second kappa shape index (κ2) is 5.50. The Bertz CT molecular complexity index is 308. The zero-order valence-electron chi connectivity index (χ0n) is 11.1. The minimum Gasteiger partial charge on any atom is -0.351 e. The van der Waals surface area contributed by atoms with Crippen LogP contribution in [0.2, 0.25) is 0 Å². The highest BCUT2D eigenvalue weighted by molar-refractivity contribution is 5.76. The molecule has 0 saturated heterocycles. The highest BCUT2D eigenvalue weighted by atomic mass is 16.1. The third kappa shape index (κ3) is 5.69. The van der Waals surface area contributed by atoms with E-state index in [9.17, 15) is 4.79 Å². The van der Waals surface area contributed by atoms with E-state index in [0.29, 0.717) is 19.4 Å². The Kier molecular flexibility index (Phi) is 4.53. The first-order valence-corrected chi connectivity index (χ1v) is 6.26. The molecule has 0 unspecified atom stereocenters. The smallest absolute Gasteiger partial charge is 0.221 e. The molecule has 0 spiro atoms. The van der Waals surface area contributed by atoms with Gasteiger partial charge in [0.1, 0.15) is 0 Å². The summed E-state index contributed by atoms with van der Waals surface area (Å²) in [5, 5.41) is 14.9. The molecule has 1 aliphatic carbocycles. The first-order valence-electron chi connectivity index (χ1n) is 6.26. The van der Waals surface area contributed by atoms with Crippen molar-refractivity contribution in [3.8, 4) is 6.07 Å². The average molecular weight is 237 g/mol. The van der Waals surface area contributed by atoms with Crippen LogP contribution >= 0.6 is 0 Å². The molecular formula is C13H23N3O. The van der Waals surface area contributed by atoms with Crippen molar-refractivity contribution < 1.29 is 4.79 Å². The minimum atomic E-state index is -0.157. The Morgan fingerprint density at radius 3 is 2.53 bits per heavy atom. The lowest BCUT2D eigenvalue weighted by Gasteiger charge is -2.20. The number of amides is 1. The summed E-state index contributed by atoms with van der Waals surface area (Å²) >= 11 is 0. The van der Waals surface area contributed by atoms with E-state index >= 15 is 0 Å². The highest BCUT2D eigenvalue weighted by Crippen LogP contribution is 2.47. The summed E-state index contributed by atoms with van der Waals surface area (Å²) in [7, 11) is 0. The van der Waals surface area contributed by atoms with Crippen molar-refractivity contribution in [1.29, 1.82) is 5.26 Å². The minimum absolute atomic E-state index is 0.0788. The van der Waals surface area contributed by atoms with Gasteiger partial charge in [-0.25, -0.2) is 0 Å². The van der Waals surface area contributed by atoms with Gasteiger partial charge in [0.15, 0.2) is 0 Å². The Hall–Kier alpha value is -1.08. The molecule has 1 fully saturated rings. The number of nitrogens with zero attached hydrogens (tertiary/aromatic N) is 1. The van der Waals surface area contributed by atoms with Crippen LogP contribution in [0.5, 0.6) is 0 Å². The molecule has 0 aromatic rings. The molecule has 4 nitrogen and oxygen atoms in total. The summed E-state index contributed by atoms with van der Waals surface area (Å²) in [6.45, 7) is 7.48. The van der Waals surface area contributed by atoms with Crippen LogP contribution in [0, 0.1) is 16.7 Å². The monoisotopic (exact) mass is 237 g/mol. The van der Waals surface area contributed by atoms with Crippen molar-refractivity contribution >= 4 is 5.91 Å². The van der Waals surface area contributed by atoms with E-state index in [1.165, 1.54) is 0 Å². The van der Waals surface area contributed by atoms with Gasteiger partial charge in [-0.2, -0.15) is 5.26 Å². The van der Waals surface area contributed by atoms with Crippen molar-refractivity contribution in [2.75, 3.05) is 13.1 Å². The maximum absolute atomic E-state index is 11.5. The van der Waals surface area contributed by atoms with Crippen LogP contribution in [0.25, 0.3) is 0 Å². The number of carbonyl (C=O) groups is 1. The third-order valence-corrected chi connectivity index (χ3v) is 2.95. The predicted octanol–water partition coefficient (Wildman–Crippen LogP) is 1.57. The van der Waals surface area contributed by atoms with Gasteiger partial charge >= 0.3 is 0 Å². The van der Waals surface area contributed by atoms with Crippen LogP contribution in [0.1, 0.15) is 46.5 Å². The fourth-order valence-corrected chi connectivity index (χ4v) is 1.80. The van der Waals surface area contributed by atoms with Crippen LogP contribution in [0.3, 0.4) is 0 Å². The number of nitrogens with one attached hydrogen (secondary N) is 2. The van der Waals surface area contributed by atoms with Crippen molar-refractivity contribution in [3.63, 3.8) is 0 Å². The largest absolute Gasteiger partial charge is 0.351 e. The normalized spacial score (nSPS) is 17.3.